The van der Waals surface area contributed by atoms with Crippen molar-refractivity contribution in [3.8, 4) is 5.75 Å². The summed E-state index contributed by atoms with van der Waals surface area (Å²) < 4.78 is 0. The van der Waals surface area contributed by atoms with Crippen LogP contribution in [0.25, 0.3) is 5.76 Å². The summed E-state index contributed by atoms with van der Waals surface area (Å²) in [6.45, 7) is 2.12. The van der Waals surface area contributed by atoms with Crippen molar-refractivity contribution >= 4 is 17.4 Å². The van der Waals surface area contributed by atoms with Gasteiger partial charge in [-0.2, -0.15) is 0 Å². The van der Waals surface area contributed by atoms with Gasteiger partial charge in [0.05, 0.1) is 18.2 Å². The number of phenolic OH excluding ortho intramolecular Hbond substituents is 1. The number of likely N-dealkylation sites (tertiary alicyclic amines) is 1. The fourth-order valence-corrected chi connectivity index (χ4v) is 3.64. The number of aromatic hydroxyl groups is 1. The van der Waals surface area contributed by atoms with Gasteiger partial charge in [0.15, 0.2) is 12.4 Å². The molecule has 1 saturated heterocycles. The highest BCUT2D eigenvalue weighted by Gasteiger charge is 2.46. The number of amides is 1. The lowest BCUT2D eigenvalue weighted by Gasteiger charge is -2.25. The molecule has 150 valence electrons. The summed E-state index contributed by atoms with van der Waals surface area (Å²) in [4.78, 5) is 30.3. The summed E-state index contributed by atoms with van der Waals surface area (Å²) >= 11 is 0. The van der Waals surface area contributed by atoms with E-state index >= 15 is 0 Å². The molecule has 3 aromatic rings. The molecule has 1 amide bonds. The first-order valence-corrected chi connectivity index (χ1v) is 9.55. The number of rotatable bonds is 4. The van der Waals surface area contributed by atoms with E-state index in [2.05, 4.69) is 4.98 Å². The second-order valence-corrected chi connectivity index (χ2v) is 7.30. The van der Waals surface area contributed by atoms with Gasteiger partial charge in [0, 0.05) is 17.2 Å². The van der Waals surface area contributed by atoms with Gasteiger partial charge in [0.25, 0.3) is 11.7 Å². The lowest BCUT2D eigenvalue weighted by molar-refractivity contribution is -0.378. The predicted molar refractivity (Wildman–Crippen MR) is 110 cm³/mol. The molecule has 0 aliphatic carbocycles. The van der Waals surface area contributed by atoms with Crippen LogP contribution in [0.1, 0.15) is 28.3 Å². The largest absolute Gasteiger partial charge is 0.508 e. The zero-order valence-corrected chi connectivity index (χ0v) is 16.4. The van der Waals surface area contributed by atoms with Crippen molar-refractivity contribution in [3.63, 3.8) is 0 Å². The van der Waals surface area contributed by atoms with Gasteiger partial charge in [0.2, 0.25) is 0 Å². The van der Waals surface area contributed by atoms with Gasteiger partial charge in [-0.1, -0.05) is 42.0 Å². The van der Waals surface area contributed by atoms with Crippen LogP contribution in [0.2, 0.25) is 0 Å². The monoisotopic (exact) mass is 401 g/mol. The van der Waals surface area contributed by atoms with Gasteiger partial charge in [-0.05, 0) is 30.7 Å². The number of nitrogens with zero attached hydrogens (tertiary/aromatic N) is 1. The SMILES string of the molecule is Cc1ccc(C(O)=C2C(=O)C(=O)N(Cc3ccc[nH+]c3)C2c2ccc(O)cc2)cc1. The van der Waals surface area contributed by atoms with Crippen LogP contribution >= 0.6 is 0 Å². The van der Waals surface area contributed by atoms with Gasteiger partial charge in [-0.25, -0.2) is 4.98 Å². The van der Waals surface area contributed by atoms with Crippen molar-refractivity contribution in [3.05, 3.63) is 101 Å². The molecule has 0 spiro atoms. The van der Waals surface area contributed by atoms with Crippen molar-refractivity contribution in [2.75, 3.05) is 0 Å². The van der Waals surface area contributed by atoms with Crippen LogP contribution in [0, 0.1) is 6.92 Å². The van der Waals surface area contributed by atoms with E-state index in [4.69, 9.17) is 0 Å². The average Bonchev–Trinajstić information content (AvgIpc) is 3.00. The topological polar surface area (TPSA) is 92.0 Å². The smallest absolute Gasteiger partial charge is 0.295 e. The molecular formula is C24H21N2O4+. The molecule has 1 unspecified atom stereocenters. The van der Waals surface area contributed by atoms with E-state index < -0.39 is 17.7 Å². The number of benzene rings is 2. The summed E-state index contributed by atoms with van der Waals surface area (Å²) in [5.41, 5.74) is 2.96. The van der Waals surface area contributed by atoms with E-state index in [0.717, 1.165) is 11.1 Å². The summed E-state index contributed by atoms with van der Waals surface area (Å²) in [6.07, 6.45) is 3.51. The molecule has 6 heteroatoms. The van der Waals surface area contributed by atoms with Gasteiger partial charge in [-0.15, -0.1) is 0 Å². The third-order valence-corrected chi connectivity index (χ3v) is 5.20. The van der Waals surface area contributed by atoms with Crippen LogP contribution in [-0.2, 0) is 16.1 Å². The minimum absolute atomic E-state index is 0.0365. The van der Waals surface area contributed by atoms with Gasteiger partial charge in [0.1, 0.15) is 11.5 Å². The van der Waals surface area contributed by atoms with Gasteiger partial charge < -0.3 is 15.1 Å². The molecule has 1 aliphatic heterocycles. The highest BCUT2D eigenvalue weighted by molar-refractivity contribution is 6.46. The second kappa shape index (κ2) is 7.83. The number of aliphatic hydroxyl groups excluding tert-OH is 1. The fraction of sp³-hybridized carbons (Fsp3) is 0.125. The molecule has 30 heavy (non-hydrogen) atoms. The molecule has 0 bridgehead atoms. The quantitative estimate of drug-likeness (QED) is 0.399. The fourth-order valence-electron chi connectivity index (χ4n) is 3.64. The number of ketones is 1. The Morgan fingerprint density at radius 3 is 2.37 bits per heavy atom. The Hall–Kier alpha value is -3.93. The molecule has 3 N–H and O–H groups in total. The van der Waals surface area contributed by atoms with E-state index in [1.165, 1.54) is 17.0 Å². The number of carbonyl (C=O) groups excluding carboxylic acids is 2. The lowest BCUT2D eigenvalue weighted by Crippen LogP contribution is -2.29. The van der Waals surface area contributed by atoms with E-state index in [0.29, 0.717) is 11.1 Å². The van der Waals surface area contributed by atoms with E-state index in [9.17, 15) is 19.8 Å². The molecule has 0 saturated carbocycles. The van der Waals surface area contributed by atoms with Crippen LogP contribution < -0.4 is 4.98 Å². The summed E-state index contributed by atoms with van der Waals surface area (Å²) in [6, 6.07) is 16.3. The maximum Gasteiger partial charge on any atom is 0.295 e. The third-order valence-electron chi connectivity index (χ3n) is 5.20. The van der Waals surface area contributed by atoms with Crippen molar-refractivity contribution in [1.82, 2.24) is 4.90 Å². The molecule has 2 aromatic carbocycles. The normalized spacial score (nSPS) is 18.0. The number of hydrogen-bond acceptors (Lipinski definition) is 4. The molecule has 1 atom stereocenters. The Morgan fingerprint density at radius 2 is 1.73 bits per heavy atom. The molecular weight excluding hydrogens is 380 g/mol. The summed E-state index contributed by atoms with van der Waals surface area (Å²) in [7, 11) is 0. The number of phenols is 1. The Kier molecular flexibility index (Phi) is 5.06. The zero-order chi connectivity index (χ0) is 21.3. The van der Waals surface area contributed by atoms with Crippen LogP contribution in [0.15, 0.2) is 78.6 Å². The van der Waals surface area contributed by atoms with Crippen LogP contribution in [-0.4, -0.2) is 26.8 Å². The van der Waals surface area contributed by atoms with Crippen molar-refractivity contribution in [1.29, 1.82) is 0 Å². The maximum absolute atomic E-state index is 13.0. The van der Waals surface area contributed by atoms with Crippen molar-refractivity contribution in [2.45, 2.75) is 19.5 Å². The number of H-pyrrole nitrogens is 1. The number of nitrogens with one attached hydrogen (secondary N) is 1. The first-order valence-electron chi connectivity index (χ1n) is 9.55. The molecule has 6 nitrogen and oxygen atoms in total. The standard InChI is InChI=1S/C24H20N2O4/c1-15-4-6-18(7-5-15)22(28)20-21(17-8-10-19(27)11-9-17)26(24(30)23(20)29)14-16-3-2-12-25-13-16/h2-13,21,27-28H,14H2,1H3/p+1. The van der Waals surface area contributed by atoms with Crippen LogP contribution in [0.4, 0.5) is 0 Å². The van der Waals surface area contributed by atoms with Crippen molar-refractivity contribution in [2.24, 2.45) is 0 Å². The highest BCUT2D eigenvalue weighted by atomic mass is 16.3. The predicted octanol–water partition coefficient (Wildman–Crippen LogP) is 3.14. The number of aryl methyl sites for hydroxylation is 1. The first-order chi connectivity index (χ1) is 14.5. The van der Waals surface area contributed by atoms with Gasteiger partial charge in [-0.3, -0.25) is 9.59 Å². The van der Waals surface area contributed by atoms with Crippen LogP contribution in [0.5, 0.6) is 5.75 Å². The number of carbonyl (C=O) groups is 2. The number of aliphatic hydroxyl groups is 1. The molecule has 1 fully saturated rings. The number of Topliss-reactive ketones (excluding diaryl/α,β-unsaturated/α-hetero) is 1. The average molecular weight is 401 g/mol. The van der Waals surface area contributed by atoms with E-state index in [1.54, 1.807) is 36.7 Å². The molecule has 1 aromatic heterocycles. The molecule has 2 heterocycles. The number of aromatic nitrogens is 1. The van der Waals surface area contributed by atoms with E-state index in [-0.39, 0.29) is 23.6 Å². The number of aromatic amines is 1. The van der Waals surface area contributed by atoms with Crippen LogP contribution in [0.3, 0.4) is 0 Å². The Labute approximate surface area is 173 Å². The molecule has 4 rings (SSSR count). The maximum atomic E-state index is 13.0. The Balaban J connectivity index is 1.85. The number of pyridine rings is 1. The first kappa shape index (κ1) is 19.4. The molecule has 1 aliphatic rings. The summed E-state index contributed by atoms with van der Waals surface area (Å²) in [5, 5.41) is 20.7. The second-order valence-electron chi connectivity index (χ2n) is 7.30. The van der Waals surface area contributed by atoms with Gasteiger partial charge >= 0.3 is 0 Å². The Bertz CT molecular complexity index is 1120. The zero-order valence-electron chi connectivity index (χ0n) is 16.4. The lowest BCUT2D eigenvalue weighted by atomic mass is 9.95. The third kappa shape index (κ3) is 3.55. The Morgan fingerprint density at radius 1 is 1.03 bits per heavy atom. The van der Waals surface area contributed by atoms with Crippen molar-refractivity contribution < 1.29 is 24.8 Å². The summed E-state index contributed by atoms with van der Waals surface area (Å²) in [5.74, 6) is -1.54. The minimum atomic E-state index is -0.771. The number of hydrogen-bond donors (Lipinski definition) is 2. The van der Waals surface area contributed by atoms with E-state index in [1.807, 2.05) is 31.2 Å². The minimum Gasteiger partial charge on any atom is -0.508 e. The molecule has 0 radical (unpaired) electrons. The highest BCUT2D eigenvalue weighted by Crippen LogP contribution is 2.40.